The summed E-state index contributed by atoms with van der Waals surface area (Å²) in [5, 5.41) is 12.7. The van der Waals surface area contributed by atoms with Crippen LogP contribution < -0.4 is 0 Å². The molecule has 23 heavy (non-hydrogen) atoms. The van der Waals surface area contributed by atoms with Gasteiger partial charge in [-0.15, -0.1) is 0 Å². The molecule has 1 amide bonds. The highest BCUT2D eigenvalue weighted by Crippen LogP contribution is 2.47. The van der Waals surface area contributed by atoms with Crippen molar-refractivity contribution in [3.63, 3.8) is 0 Å². The molecule has 3 rings (SSSR count). The van der Waals surface area contributed by atoms with Gasteiger partial charge in [0.15, 0.2) is 0 Å². The minimum atomic E-state index is -3.54. The monoisotopic (exact) mass is 343 g/mol. The Balaban J connectivity index is 1.60. The fourth-order valence-electron chi connectivity index (χ4n) is 2.71. The number of carboxylic acids is 1. The predicted octanol–water partition coefficient (Wildman–Crippen LogP) is -0.487. The molecule has 1 aromatic rings. The van der Waals surface area contributed by atoms with Gasteiger partial charge in [-0.3, -0.25) is 9.59 Å². The molecule has 0 unspecified atom stereocenters. The van der Waals surface area contributed by atoms with E-state index in [4.69, 9.17) is 5.11 Å². The molecular weight excluding hydrogens is 326 g/mol. The minimum absolute atomic E-state index is 0.154. The average molecular weight is 343 g/mol. The van der Waals surface area contributed by atoms with Crippen molar-refractivity contribution in [3.8, 4) is 0 Å². The van der Waals surface area contributed by atoms with E-state index >= 15 is 0 Å². The summed E-state index contributed by atoms with van der Waals surface area (Å²) in [7, 11) is -3.54. The molecule has 2 heterocycles. The summed E-state index contributed by atoms with van der Waals surface area (Å²) in [6, 6.07) is 1.49. The van der Waals surface area contributed by atoms with Crippen LogP contribution >= 0.6 is 0 Å². The van der Waals surface area contributed by atoms with E-state index in [1.54, 1.807) is 0 Å². The molecule has 126 valence electrons. The maximum absolute atomic E-state index is 12.3. The van der Waals surface area contributed by atoms with Crippen LogP contribution in [0, 0.1) is 5.41 Å². The number of aromatic nitrogens is 1. The zero-order chi connectivity index (χ0) is 16.7. The molecule has 2 fully saturated rings. The SMILES string of the molecule is O=C(O)C1(C(=O)N2CCN(S(=O)(=O)Cc3ccon3)CC2)CC1. The minimum Gasteiger partial charge on any atom is -0.480 e. The van der Waals surface area contributed by atoms with Gasteiger partial charge in [-0.1, -0.05) is 5.16 Å². The summed E-state index contributed by atoms with van der Waals surface area (Å²) in [5.41, 5.74) is -0.951. The van der Waals surface area contributed by atoms with Gasteiger partial charge < -0.3 is 14.5 Å². The van der Waals surface area contributed by atoms with Crippen LogP contribution in [0.4, 0.5) is 0 Å². The van der Waals surface area contributed by atoms with E-state index in [1.165, 1.54) is 21.5 Å². The quantitative estimate of drug-likeness (QED) is 0.716. The number of carbonyl (C=O) groups excluding carboxylic acids is 1. The maximum Gasteiger partial charge on any atom is 0.319 e. The van der Waals surface area contributed by atoms with E-state index in [2.05, 4.69) is 9.68 Å². The fraction of sp³-hybridized carbons (Fsp3) is 0.615. The van der Waals surface area contributed by atoms with Crippen molar-refractivity contribution in [1.29, 1.82) is 0 Å². The Morgan fingerprint density at radius 3 is 2.39 bits per heavy atom. The Kier molecular flexibility index (Phi) is 3.88. The second kappa shape index (κ2) is 5.60. The van der Waals surface area contributed by atoms with Crippen molar-refractivity contribution in [2.24, 2.45) is 5.41 Å². The second-order valence-electron chi connectivity index (χ2n) is 5.83. The zero-order valence-electron chi connectivity index (χ0n) is 12.3. The van der Waals surface area contributed by atoms with E-state index < -0.39 is 27.3 Å². The molecule has 0 radical (unpaired) electrons. The number of aliphatic carboxylic acids is 1. The average Bonchev–Trinajstić information content (AvgIpc) is 3.19. The summed E-state index contributed by atoms with van der Waals surface area (Å²) in [6.07, 6.45) is 2.01. The third kappa shape index (κ3) is 2.95. The number of piperazine rings is 1. The van der Waals surface area contributed by atoms with E-state index in [9.17, 15) is 18.0 Å². The highest BCUT2D eigenvalue weighted by Gasteiger charge is 2.58. The lowest BCUT2D eigenvalue weighted by Gasteiger charge is -2.35. The van der Waals surface area contributed by atoms with Crippen LogP contribution in [0.1, 0.15) is 18.5 Å². The molecule has 1 aliphatic heterocycles. The van der Waals surface area contributed by atoms with E-state index in [0.717, 1.165) is 0 Å². The van der Waals surface area contributed by atoms with Gasteiger partial charge in [0.1, 0.15) is 17.4 Å². The van der Waals surface area contributed by atoms with Crippen LogP contribution in [0.25, 0.3) is 0 Å². The van der Waals surface area contributed by atoms with Gasteiger partial charge in [-0.2, -0.15) is 4.31 Å². The van der Waals surface area contributed by atoms with E-state index in [0.29, 0.717) is 18.5 Å². The third-order valence-electron chi connectivity index (χ3n) is 4.31. The second-order valence-corrected chi connectivity index (χ2v) is 7.79. The van der Waals surface area contributed by atoms with Crippen molar-refractivity contribution in [1.82, 2.24) is 14.4 Å². The number of nitrogens with zero attached hydrogens (tertiary/aromatic N) is 3. The Hall–Kier alpha value is -1.94. The number of carboxylic acid groups (broad SMARTS) is 1. The molecule has 0 aromatic carbocycles. The van der Waals surface area contributed by atoms with Gasteiger partial charge in [0, 0.05) is 32.2 Å². The number of carbonyl (C=O) groups is 2. The molecule has 0 spiro atoms. The molecule has 1 aromatic heterocycles. The normalized spacial score (nSPS) is 21.1. The van der Waals surface area contributed by atoms with Crippen LogP contribution in [0.15, 0.2) is 16.9 Å². The third-order valence-corrected chi connectivity index (χ3v) is 6.12. The lowest BCUT2D eigenvalue weighted by Crippen LogP contribution is -2.53. The van der Waals surface area contributed by atoms with Crippen molar-refractivity contribution < 1.29 is 27.6 Å². The van der Waals surface area contributed by atoms with Gasteiger partial charge in [-0.05, 0) is 12.8 Å². The van der Waals surface area contributed by atoms with Crippen LogP contribution in [-0.2, 0) is 25.4 Å². The molecule has 1 N–H and O–H groups in total. The van der Waals surface area contributed by atoms with Crippen molar-refractivity contribution >= 4 is 21.9 Å². The number of sulfonamides is 1. The molecule has 9 nitrogen and oxygen atoms in total. The molecule has 1 aliphatic carbocycles. The molecule has 0 atom stereocenters. The first-order chi connectivity index (χ1) is 10.8. The lowest BCUT2D eigenvalue weighted by molar-refractivity contribution is -0.154. The van der Waals surface area contributed by atoms with Crippen LogP contribution in [0.2, 0.25) is 0 Å². The van der Waals surface area contributed by atoms with Crippen molar-refractivity contribution in [3.05, 3.63) is 18.0 Å². The van der Waals surface area contributed by atoms with Crippen LogP contribution in [-0.4, -0.2) is 65.9 Å². The topological polar surface area (TPSA) is 121 Å². The van der Waals surface area contributed by atoms with E-state index in [1.807, 2.05) is 0 Å². The standard InChI is InChI=1S/C13H17N3O6S/c17-11(13(2-3-13)12(18)19)15-4-6-16(7-5-15)23(20,21)9-10-1-8-22-14-10/h1,8H,2-7,9H2,(H,18,19). The number of hydrogen-bond acceptors (Lipinski definition) is 6. The Morgan fingerprint density at radius 1 is 1.26 bits per heavy atom. The molecule has 1 saturated heterocycles. The largest absolute Gasteiger partial charge is 0.480 e. The van der Waals surface area contributed by atoms with Gasteiger partial charge >= 0.3 is 5.97 Å². The Bertz CT molecular complexity index is 702. The Morgan fingerprint density at radius 2 is 1.91 bits per heavy atom. The van der Waals surface area contributed by atoms with E-state index in [-0.39, 0.29) is 31.9 Å². The van der Waals surface area contributed by atoms with Crippen molar-refractivity contribution in [2.45, 2.75) is 18.6 Å². The van der Waals surface area contributed by atoms with Crippen LogP contribution in [0.3, 0.4) is 0 Å². The number of amides is 1. The molecular formula is C13H17N3O6S. The first-order valence-electron chi connectivity index (χ1n) is 7.25. The first-order valence-corrected chi connectivity index (χ1v) is 8.86. The smallest absolute Gasteiger partial charge is 0.319 e. The molecule has 1 saturated carbocycles. The molecule has 10 heteroatoms. The summed E-state index contributed by atoms with van der Waals surface area (Å²) >= 11 is 0. The van der Waals surface area contributed by atoms with Gasteiger partial charge in [0.25, 0.3) is 0 Å². The summed E-state index contributed by atoms with van der Waals surface area (Å²) < 4.78 is 30.5. The molecule has 2 aliphatic rings. The van der Waals surface area contributed by atoms with Crippen LogP contribution in [0.5, 0.6) is 0 Å². The highest BCUT2D eigenvalue weighted by atomic mass is 32.2. The van der Waals surface area contributed by atoms with Gasteiger partial charge in [-0.25, -0.2) is 8.42 Å². The summed E-state index contributed by atoms with van der Waals surface area (Å²) in [4.78, 5) is 24.9. The first kappa shape index (κ1) is 15.9. The maximum atomic E-state index is 12.3. The predicted molar refractivity (Wildman–Crippen MR) is 76.6 cm³/mol. The zero-order valence-corrected chi connectivity index (χ0v) is 13.2. The highest BCUT2D eigenvalue weighted by molar-refractivity contribution is 7.88. The molecule has 0 bridgehead atoms. The van der Waals surface area contributed by atoms with Crippen molar-refractivity contribution in [2.75, 3.05) is 26.2 Å². The van der Waals surface area contributed by atoms with Gasteiger partial charge in [0.2, 0.25) is 15.9 Å². The summed E-state index contributed by atoms with van der Waals surface area (Å²) in [6.45, 7) is 0.709. The Labute approximate surface area is 132 Å². The number of rotatable bonds is 5. The number of hydrogen-bond donors (Lipinski definition) is 1. The van der Waals surface area contributed by atoms with Gasteiger partial charge in [0.05, 0.1) is 5.69 Å². The summed E-state index contributed by atoms with van der Waals surface area (Å²) in [5.74, 6) is -1.75. The fourth-order valence-corrected chi connectivity index (χ4v) is 4.13. The lowest BCUT2D eigenvalue weighted by atomic mass is 10.1.